The van der Waals surface area contributed by atoms with Gasteiger partial charge in [-0.25, -0.2) is 0 Å². The summed E-state index contributed by atoms with van der Waals surface area (Å²) < 4.78 is 11.0. The van der Waals surface area contributed by atoms with Gasteiger partial charge in [-0.05, 0) is 30.7 Å². The van der Waals surface area contributed by atoms with E-state index in [0.717, 1.165) is 24.3 Å². The van der Waals surface area contributed by atoms with Crippen molar-refractivity contribution >= 4 is 5.97 Å². The summed E-state index contributed by atoms with van der Waals surface area (Å²) in [6.07, 6.45) is 1.01. The second-order valence-electron chi connectivity index (χ2n) is 4.51. The Balaban J connectivity index is 2.17. The molecule has 1 aliphatic rings. The van der Waals surface area contributed by atoms with Gasteiger partial charge in [0.15, 0.2) is 11.5 Å². The molecular weight excluding hydrogens is 246 g/mol. The van der Waals surface area contributed by atoms with E-state index < -0.39 is 5.97 Å². The maximum absolute atomic E-state index is 10.9. The number of hydrogen-bond acceptors (Lipinski definition) is 4. The van der Waals surface area contributed by atoms with Crippen LogP contribution in [0.1, 0.15) is 31.4 Å². The molecule has 2 N–H and O–H groups in total. The summed E-state index contributed by atoms with van der Waals surface area (Å²) in [6.45, 7) is 3.92. The first-order chi connectivity index (χ1) is 9.20. The standard InChI is InChI=1S/C14H19NO4/c1-2-5-15-11(9-14(16)17)10-3-4-12-13(8-10)19-7-6-18-12/h3-4,8,11,15H,2,5-7,9H2,1H3,(H,16,17). The maximum Gasteiger partial charge on any atom is 0.305 e. The van der Waals surface area contributed by atoms with E-state index in [2.05, 4.69) is 12.2 Å². The number of carboxylic acid groups (broad SMARTS) is 1. The third kappa shape index (κ3) is 3.61. The van der Waals surface area contributed by atoms with Gasteiger partial charge in [0, 0.05) is 6.04 Å². The lowest BCUT2D eigenvalue weighted by Crippen LogP contribution is -2.25. The summed E-state index contributed by atoms with van der Waals surface area (Å²) in [6, 6.07) is 5.40. The molecule has 0 aliphatic carbocycles. The van der Waals surface area contributed by atoms with Crippen molar-refractivity contribution in [2.45, 2.75) is 25.8 Å². The fraction of sp³-hybridized carbons (Fsp3) is 0.500. The Labute approximate surface area is 112 Å². The first-order valence-electron chi connectivity index (χ1n) is 6.55. The van der Waals surface area contributed by atoms with Crippen LogP contribution in [0.25, 0.3) is 0 Å². The van der Waals surface area contributed by atoms with Crippen LogP contribution in [-0.4, -0.2) is 30.8 Å². The maximum atomic E-state index is 10.9. The second-order valence-corrected chi connectivity index (χ2v) is 4.51. The molecule has 0 bridgehead atoms. The van der Waals surface area contributed by atoms with E-state index in [4.69, 9.17) is 14.6 Å². The van der Waals surface area contributed by atoms with E-state index >= 15 is 0 Å². The molecule has 1 aromatic rings. The molecule has 104 valence electrons. The molecule has 0 fully saturated rings. The lowest BCUT2D eigenvalue weighted by atomic mass is 10.0. The minimum atomic E-state index is -0.816. The van der Waals surface area contributed by atoms with E-state index in [-0.39, 0.29) is 12.5 Å². The summed E-state index contributed by atoms with van der Waals surface area (Å²) in [5, 5.41) is 12.2. The van der Waals surface area contributed by atoms with Crippen LogP contribution in [0, 0.1) is 0 Å². The Kier molecular flexibility index (Phi) is 4.63. The van der Waals surface area contributed by atoms with Gasteiger partial charge in [-0.1, -0.05) is 13.0 Å². The number of carbonyl (C=O) groups is 1. The predicted octanol–water partition coefficient (Wildman–Crippen LogP) is 1.97. The molecule has 5 nitrogen and oxygen atoms in total. The van der Waals surface area contributed by atoms with E-state index in [1.807, 2.05) is 18.2 Å². The van der Waals surface area contributed by atoms with Crippen molar-refractivity contribution < 1.29 is 19.4 Å². The van der Waals surface area contributed by atoms with E-state index in [1.54, 1.807) is 0 Å². The van der Waals surface area contributed by atoms with Gasteiger partial charge in [-0.15, -0.1) is 0 Å². The topological polar surface area (TPSA) is 67.8 Å². The number of ether oxygens (including phenoxy) is 2. The fourth-order valence-electron chi connectivity index (χ4n) is 2.08. The van der Waals surface area contributed by atoms with E-state index in [9.17, 15) is 4.79 Å². The van der Waals surface area contributed by atoms with Crippen LogP contribution < -0.4 is 14.8 Å². The van der Waals surface area contributed by atoms with Crippen LogP contribution in [0.5, 0.6) is 11.5 Å². The highest BCUT2D eigenvalue weighted by Crippen LogP contribution is 2.33. The van der Waals surface area contributed by atoms with Crippen molar-refractivity contribution in [3.8, 4) is 11.5 Å². The molecular formula is C14H19NO4. The van der Waals surface area contributed by atoms with Crippen molar-refractivity contribution in [2.24, 2.45) is 0 Å². The summed E-state index contributed by atoms with van der Waals surface area (Å²) in [5.41, 5.74) is 0.917. The number of rotatable bonds is 6. The van der Waals surface area contributed by atoms with Gasteiger partial charge in [-0.2, -0.15) is 0 Å². The molecule has 0 spiro atoms. The smallest absolute Gasteiger partial charge is 0.305 e. The average molecular weight is 265 g/mol. The summed E-state index contributed by atoms with van der Waals surface area (Å²) in [5.74, 6) is 0.598. The van der Waals surface area contributed by atoms with Crippen molar-refractivity contribution in [3.05, 3.63) is 23.8 Å². The molecule has 1 atom stereocenters. The Hall–Kier alpha value is -1.75. The van der Waals surface area contributed by atoms with Crippen molar-refractivity contribution in [1.82, 2.24) is 5.32 Å². The Morgan fingerprint density at radius 2 is 2.11 bits per heavy atom. The molecule has 1 unspecified atom stereocenters. The minimum Gasteiger partial charge on any atom is -0.486 e. The van der Waals surface area contributed by atoms with Gasteiger partial charge in [0.25, 0.3) is 0 Å². The SMILES string of the molecule is CCCNC(CC(=O)O)c1ccc2c(c1)OCCO2. The molecule has 0 amide bonds. The molecule has 1 aromatic carbocycles. The van der Waals surface area contributed by atoms with E-state index in [1.165, 1.54) is 0 Å². The zero-order chi connectivity index (χ0) is 13.7. The van der Waals surface area contributed by atoms with Crippen LogP contribution in [-0.2, 0) is 4.79 Å². The monoisotopic (exact) mass is 265 g/mol. The van der Waals surface area contributed by atoms with Gasteiger partial charge in [0.1, 0.15) is 13.2 Å². The summed E-state index contributed by atoms with van der Waals surface area (Å²) >= 11 is 0. The Morgan fingerprint density at radius 3 is 2.79 bits per heavy atom. The van der Waals surface area contributed by atoms with Crippen LogP contribution in [0.4, 0.5) is 0 Å². The average Bonchev–Trinajstić information content (AvgIpc) is 2.42. The molecule has 0 aromatic heterocycles. The van der Waals surface area contributed by atoms with E-state index in [0.29, 0.717) is 19.0 Å². The normalized spacial score (nSPS) is 15.0. The number of aliphatic carboxylic acids is 1. The van der Waals surface area contributed by atoms with Gasteiger partial charge in [-0.3, -0.25) is 4.79 Å². The van der Waals surface area contributed by atoms with Gasteiger partial charge in [0.2, 0.25) is 0 Å². The predicted molar refractivity (Wildman–Crippen MR) is 70.7 cm³/mol. The number of carboxylic acids is 1. The molecule has 0 radical (unpaired) electrons. The number of hydrogen-bond donors (Lipinski definition) is 2. The van der Waals surface area contributed by atoms with Crippen LogP contribution in [0.3, 0.4) is 0 Å². The van der Waals surface area contributed by atoms with Crippen LogP contribution in [0.15, 0.2) is 18.2 Å². The fourth-order valence-corrected chi connectivity index (χ4v) is 2.08. The Morgan fingerprint density at radius 1 is 1.37 bits per heavy atom. The first kappa shape index (κ1) is 13.7. The van der Waals surface area contributed by atoms with Crippen LogP contribution in [0.2, 0.25) is 0 Å². The third-order valence-corrected chi connectivity index (χ3v) is 2.99. The van der Waals surface area contributed by atoms with Crippen LogP contribution >= 0.6 is 0 Å². The quantitative estimate of drug-likeness (QED) is 0.823. The summed E-state index contributed by atoms with van der Waals surface area (Å²) in [7, 11) is 0. The lowest BCUT2D eigenvalue weighted by Gasteiger charge is -2.22. The molecule has 1 aliphatic heterocycles. The lowest BCUT2D eigenvalue weighted by molar-refractivity contribution is -0.137. The second kappa shape index (κ2) is 6.43. The molecule has 0 saturated heterocycles. The molecule has 1 heterocycles. The largest absolute Gasteiger partial charge is 0.486 e. The van der Waals surface area contributed by atoms with Crippen molar-refractivity contribution in [2.75, 3.05) is 19.8 Å². The van der Waals surface area contributed by atoms with Crippen molar-refractivity contribution in [1.29, 1.82) is 0 Å². The molecule has 5 heteroatoms. The molecule has 19 heavy (non-hydrogen) atoms. The number of fused-ring (bicyclic) bond motifs is 1. The molecule has 2 rings (SSSR count). The number of benzene rings is 1. The van der Waals surface area contributed by atoms with Crippen molar-refractivity contribution in [3.63, 3.8) is 0 Å². The van der Waals surface area contributed by atoms with Gasteiger partial charge in [0.05, 0.1) is 6.42 Å². The number of nitrogens with one attached hydrogen (secondary N) is 1. The minimum absolute atomic E-state index is 0.0552. The zero-order valence-electron chi connectivity index (χ0n) is 11.0. The highest BCUT2D eigenvalue weighted by atomic mass is 16.6. The Bertz CT molecular complexity index is 447. The third-order valence-electron chi connectivity index (χ3n) is 2.99. The first-order valence-corrected chi connectivity index (χ1v) is 6.55. The van der Waals surface area contributed by atoms with Gasteiger partial charge < -0.3 is 19.9 Å². The van der Waals surface area contributed by atoms with Gasteiger partial charge >= 0.3 is 5.97 Å². The zero-order valence-corrected chi connectivity index (χ0v) is 11.0. The highest BCUT2D eigenvalue weighted by Gasteiger charge is 2.18. The summed E-state index contributed by atoms with van der Waals surface area (Å²) in [4.78, 5) is 10.9. The highest BCUT2D eigenvalue weighted by molar-refractivity contribution is 5.68. The molecule has 0 saturated carbocycles.